The van der Waals surface area contributed by atoms with E-state index in [-0.39, 0.29) is 36.2 Å². The second kappa shape index (κ2) is 8.91. The summed E-state index contributed by atoms with van der Waals surface area (Å²) < 4.78 is 0. The van der Waals surface area contributed by atoms with Crippen molar-refractivity contribution in [3.63, 3.8) is 0 Å². The number of nitrogens with zero attached hydrogens (tertiary/aromatic N) is 1. The van der Waals surface area contributed by atoms with Gasteiger partial charge in [-0.05, 0) is 49.9 Å². The molecule has 2 N–H and O–H groups in total. The van der Waals surface area contributed by atoms with Crippen LogP contribution in [0.1, 0.15) is 44.6 Å². The Morgan fingerprint density at radius 1 is 1.30 bits per heavy atom. The Hall–Kier alpha value is -0.770. The van der Waals surface area contributed by atoms with Crippen LogP contribution in [-0.2, 0) is 4.79 Å². The molecule has 0 spiro atoms. The number of amides is 1. The molecule has 1 saturated carbocycles. The summed E-state index contributed by atoms with van der Waals surface area (Å²) in [6.07, 6.45) is 3.18. The van der Waals surface area contributed by atoms with Crippen molar-refractivity contribution in [3.05, 3.63) is 34.9 Å². The van der Waals surface area contributed by atoms with Gasteiger partial charge in [0.15, 0.2) is 0 Å². The number of carbonyl (C=O) groups is 1. The van der Waals surface area contributed by atoms with Crippen LogP contribution in [0.15, 0.2) is 24.3 Å². The summed E-state index contributed by atoms with van der Waals surface area (Å²) in [6, 6.07) is 8.04. The van der Waals surface area contributed by atoms with Crippen LogP contribution in [-0.4, -0.2) is 30.4 Å². The van der Waals surface area contributed by atoms with Gasteiger partial charge in [0.25, 0.3) is 0 Å². The summed E-state index contributed by atoms with van der Waals surface area (Å²) in [7, 11) is 1.92. The fourth-order valence-electron chi connectivity index (χ4n) is 3.49. The van der Waals surface area contributed by atoms with Gasteiger partial charge in [-0.1, -0.05) is 37.1 Å². The predicted molar refractivity (Wildman–Crippen MR) is 99.2 cm³/mol. The first-order chi connectivity index (χ1) is 10.5. The molecule has 1 aliphatic carbocycles. The summed E-state index contributed by atoms with van der Waals surface area (Å²) in [6.45, 7) is 4.89. The van der Waals surface area contributed by atoms with Crippen molar-refractivity contribution >= 4 is 29.9 Å². The van der Waals surface area contributed by atoms with Gasteiger partial charge in [-0.3, -0.25) is 4.79 Å². The Labute approximate surface area is 151 Å². The van der Waals surface area contributed by atoms with Crippen LogP contribution in [0.4, 0.5) is 0 Å². The third-order valence-electron chi connectivity index (χ3n) is 5.36. The Bertz CT molecular complexity index is 506. The molecular formula is C18H28Cl2N2O. The van der Waals surface area contributed by atoms with E-state index in [2.05, 4.69) is 13.8 Å². The smallest absolute Gasteiger partial charge is 0.226 e. The molecule has 0 radical (unpaired) electrons. The maximum atomic E-state index is 12.8. The summed E-state index contributed by atoms with van der Waals surface area (Å²) in [4.78, 5) is 14.7. The lowest BCUT2D eigenvalue weighted by Gasteiger charge is -2.33. The maximum absolute atomic E-state index is 12.8. The van der Waals surface area contributed by atoms with Crippen molar-refractivity contribution < 1.29 is 4.79 Å². The Morgan fingerprint density at radius 2 is 1.91 bits per heavy atom. The summed E-state index contributed by atoms with van der Waals surface area (Å²) in [5, 5.41) is 0.741. The quantitative estimate of drug-likeness (QED) is 0.861. The molecule has 3 nitrogen and oxygen atoms in total. The van der Waals surface area contributed by atoms with Gasteiger partial charge in [0.2, 0.25) is 5.91 Å². The molecular weight excluding hydrogens is 331 g/mol. The molecule has 1 aromatic carbocycles. The van der Waals surface area contributed by atoms with Gasteiger partial charge in [-0.25, -0.2) is 0 Å². The van der Waals surface area contributed by atoms with E-state index < -0.39 is 0 Å². The zero-order valence-electron chi connectivity index (χ0n) is 14.2. The number of carbonyl (C=O) groups excluding carboxylic acids is 1. The van der Waals surface area contributed by atoms with Gasteiger partial charge in [0, 0.05) is 29.9 Å². The largest absolute Gasteiger partial charge is 0.342 e. The zero-order chi connectivity index (χ0) is 16.3. The average molecular weight is 359 g/mol. The number of nitrogens with two attached hydrogens (primary N) is 1. The zero-order valence-corrected chi connectivity index (χ0v) is 15.7. The molecule has 1 aliphatic rings. The highest BCUT2D eigenvalue weighted by Gasteiger charge is 2.35. The molecule has 130 valence electrons. The van der Waals surface area contributed by atoms with Crippen molar-refractivity contribution in [2.45, 2.75) is 45.1 Å². The SMILES string of the molecule is CC(c1ccc(Cl)cc1)C(C)N(C)C(=O)[C@@H]1CCC[C@@H]1CN.Cl. The highest BCUT2D eigenvalue weighted by Crippen LogP contribution is 2.33. The minimum atomic E-state index is 0. The molecule has 1 fully saturated rings. The Kier molecular flexibility index (Phi) is 7.85. The predicted octanol–water partition coefficient (Wildman–Crippen LogP) is 4.09. The number of rotatable bonds is 5. The van der Waals surface area contributed by atoms with E-state index in [1.807, 2.05) is 36.2 Å². The minimum absolute atomic E-state index is 0. The Balaban J connectivity index is 0.00000264. The number of hydrogen-bond acceptors (Lipinski definition) is 2. The maximum Gasteiger partial charge on any atom is 0.226 e. The first-order valence-electron chi connectivity index (χ1n) is 8.18. The van der Waals surface area contributed by atoms with E-state index in [1.54, 1.807) is 0 Å². The highest BCUT2D eigenvalue weighted by molar-refractivity contribution is 6.30. The van der Waals surface area contributed by atoms with Crippen LogP contribution in [0.2, 0.25) is 5.02 Å². The summed E-state index contributed by atoms with van der Waals surface area (Å²) in [5.41, 5.74) is 7.03. The van der Waals surface area contributed by atoms with Crippen LogP contribution in [0, 0.1) is 11.8 Å². The Morgan fingerprint density at radius 3 is 2.48 bits per heavy atom. The normalized spacial score (nSPS) is 23.0. The van der Waals surface area contributed by atoms with Gasteiger partial charge in [0.1, 0.15) is 0 Å². The lowest BCUT2D eigenvalue weighted by molar-refractivity contribution is -0.137. The van der Waals surface area contributed by atoms with E-state index >= 15 is 0 Å². The lowest BCUT2D eigenvalue weighted by Crippen LogP contribution is -2.43. The standard InChI is InChI=1S/C18H27ClN2O.ClH/c1-12(14-7-9-16(19)10-8-14)13(2)21(3)18(22)17-6-4-5-15(17)11-20;/h7-10,12-13,15,17H,4-6,11,20H2,1-3H3;1H/t12?,13?,15-,17-;/m1./s1. The van der Waals surface area contributed by atoms with Crippen LogP contribution < -0.4 is 5.73 Å². The van der Waals surface area contributed by atoms with Crippen molar-refractivity contribution in [2.24, 2.45) is 17.6 Å². The van der Waals surface area contributed by atoms with Crippen LogP contribution in [0.3, 0.4) is 0 Å². The van der Waals surface area contributed by atoms with Crippen LogP contribution >= 0.6 is 24.0 Å². The van der Waals surface area contributed by atoms with E-state index in [1.165, 1.54) is 5.56 Å². The lowest BCUT2D eigenvalue weighted by atomic mass is 9.90. The minimum Gasteiger partial charge on any atom is -0.342 e. The molecule has 1 aromatic rings. The number of likely N-dealkylation sites (N-methyl/N-ethyl adjacent to an activating group) is 1. The van der Waals surface area contributed by atoms with Gasteiger partial charge < -0.3 is 10.6 Å². The summed E-state index contributed by atoms with van der Waals surface area (Å²) >= 11 is 5.95. The molecule has 2 rings (SSSR count). The van der Waals surface area contributed by atoms with Gasteiger partial charge in [-0.15, -0.1) is 12.4 Å². The number of halogens is 2. The number of hydrogen-bond donors (Lipinski definition) is 1. The molecule has 0 aromatic heterocycles. The molecule has 4 atom stereocenters. The fraction of sp³-hybridized carbons (Fsp3) is 0.611. The van der Waals surface area contributed by atoms with Crippen LogP contribution in [0.5, 0.6) is 0 Å². The number of benzene rings is 1. The van der Waals surface area contributed by atoms with Crippen molar-refractivity contribution in [2.75, 3.05) is 13.6 Å². The first kappa shape index (κ1) is 20.3. The van der Waals surface area contributed by atoms with Crippen molar-refractivity contribution in [1.29, 1.82) is 0 Å². The monoisotopic (exact) mass is 358 g/mol. The third-order valence-corrected chi connectivity index (χ3v) is 5.61. The van der Waals surface area contributed by atoms with Gasteiger partial charge in [-0.2, -0.15) is 0 Å². The van der Waals surface area contributed by atoms with E-state index in [0.717, 1.165) is 24.3 Å². The average Bonchev–Trinajstić information content (AvgIpc) is 3.01. The molecule has 1 amide bonds. The first-order valence-corrected chi connectivity index (χ1v) is 8.55. The molecule has 0 aliphatic heterocycles. The third kappa shape index (κ3) is 4.62. The molecule has 0 heterocycles. The molecule has 0 bridgehead atoms. The van der Waals surface area contributed by atoms with Gasteiger partial charge in [0.05, 0.1) is 0 Å². The topological polar surface area (TPSA) is 46.3 Å². The van der Waals surface area contributed by atoms with Gasteiger partial charge >= 0.3 is 0 Å². The van der Waals surface area contributed by atoms with Crippen molar-refractivity contribution in [3.8, 4) is 0 Å². The van der Waals surface area contributed by atoms with E-state index in [4.69, 9.17) is 17.3 Å². The fourth-order valence-corrected chi connectivity index (χ4v) is 3.61. The van der Waals surface area contributed by atoms with Crippen LogP contribution in [0.25, 0.3) is 0 Å². The summed E-state index contributed by atoms with van der Waals surface area (Å²) in [5.74, 6) is 0.980. The molecule has 2 unspecified atom stereocenters. The molecule has 0 saturated heterocycles. The van der Waals surface area contributed by atoms with Crippen molar-refractivity contribution in [1.82, 2.24) is 4.90 Å². The molecule has 5 heteroatoms. The second-order valence-electron chi connectivity index (χ2n) is 6.56. The van der Waals surface area contributed by atoms with E-state index in [0.29, 0.717) is 12.5 Å². The highest BCUT2D eigenvalue weighted by atomic mass is 35.5. The molecule has 23 heavy (non-hydrogen) atoms. The second-order valence-corrected chi connectivity index (χ2v) is 7.00. The van der Waals surface area contributed by atoms with E-state index in [9.17, 15) is 4.79 Å².